The summed E-state index contributed by atoms with van der Waals surface area (Å²) in [4.78, 5) is 39.6. The molecule has 1 aromatic rings. The molecule has 156 valence electrons. The molecule has 11 heteroatoms. The van der Waals surface area contributed by atoms with Crippen LogP contribution in [0.25, 0.3) is 0 Å². The number of rotatable bonds is 5. The third kappa shape index (κ3) is 4.46. The molecule has 2 unspecified atom stereocenters. The second-order valence-corrected chi connectivity index (χ2v) is 8.91. The van der Waals surface area contributed by atoms with Gasteiger partial charge in [0.2, 0.25) is 15.9 Å². The Bertz CT molecular complexity index is 974. The molecule has 4 amide bonds. The highest BCUT2D eigenvalue weighted by Gasteiger charge is 2.44. The molecule has 0 aliphatic carbocycles. The smallest absolute Gasteiger partial charge is 0.347 e. The lowest BCUT2D eigenvalue weighted by atomic mass is 9.98. The minimum absolute atomic E-state index is 0.0524. The van der Waals surface area contributed by atoms with E-state index in [1.807, 2.05) is 5.32 Å². The highest BCUT2D eigenvalue weighted by Crippen LogP contribution is 2.25. The maximum Gasteiger partial charge on any atom is 0.347 e. The van der Waals surface area contributed by atoms with Gasteiger partial charge in [0.25, 0.3) is 5.91 Å². The molecule has 10 nitrogen and oxygen atoms in total. The van der Waals surface area contributed by atoms with Gasteiger partial charge in [-0.05, 0) is 31.9 Å². The van der Waals surface area contributed by atoms with Gasteiger partial charge in [0.1, 0.15) is 5.75 Å². The standard InChI is InChI=1S/C18H22N4O6S/c1-11-15(17(24)21-18(25)19-11)29(26,27)22-8-4-5-12(10-22)16(23)20-13-6-3-7-14(9-13)28-2/h3,6-7,9,12,15H,4-5,8,10H2,1-2H3,(H,20,23)(H,21,24,25). The van der Waals surface area contributed by atoms with Crippen molar-refractivity contribution in [2.45, 2.75) is 25.0 Å². The number of carbonyl (C=O) groups excluding carboxylic acids is 3. The molecule has 2 aliphatic rings. The second-order valence-electron chi connectivity index (χ2n) is 6.89. The zero-order valence-corrected chi connectivity index (χ0v) is 16.9. The zero-order chi connectivity index (χ0) is 21.2. The number of carbonyl (C=O) groups is 3. The summed E-state index contributed by atoms with van der Waals surface area (Å²) in [6.07, 6.45) is 0.989. The first-order chi connectivity index (χ1) is 13.7. The number of piperidine rings is 1. The number of hydrogen-bond acceptors (Lipinski definition) is 6. The summed E-state index contributed by atoms with van der Waals surface area (Å²) in [5.74, 6) is -1.23. The van der Waals surface area contributed by atoms with Crippen molar-refractivity contribution in [3.05, 3.63) is 24.3 Å². The number of methoxy groups -OCH3 is 1. The first kappa shape index (κ1) is 20.9. The number of sulfonamides is 1. The summed E-state index contributed by atoms with van der Waals surface area (Å²) < 4.78 is 32.3. The van der Waals surface area contributed by atoms with Gasteiger partial charge in [0, 0.05) is 30.6 Å². The molecule has 0 saturated carbocycles. The van der Waals surface area contributed by atoms with E-state index in [4.69, 9.17) is 4.74 Å². The van der Waals surface area contributed by atoms with Crippen molar-refractivity contribution in [2.75, 3.05) is 25.5 Å². The van der Waals surface area contributed by atoms with Gasteiger partial charge in [-0.15, -0.1) is 0 Å². The Morgan fingerprint density at radius 2 is 2.10 bits per heavy atom. The topological polar surface area (TPSA) is 134 Å². The van der Waals surface area contributed by atoms with E-state index < -0.39 is 33.1 Å². The minimum Gasteiger partial charge on any atom is -0.497 e. The largest absolute Gasteiger partial charge is 0.497 e. The maximum absolute atomic E-state index is 13.0. The average molecular weight is 422 g/mol. The molecular formula is C18H22N4O6S. The summed E-state index contributed by atoms with van der Waals surface area (Å²) in [5.41, 5.74) is 0.462. The van der Waals surface area contributed by atoms with Crippen molar-refractivity contribution in [1.29, 1.82) is 0 Å². The predicted octanol–water partition coefficient (Wildman–Crippen LogP) is 0.755. The molecule has 0 bridgehead atoms. The highest BCUT2D eigenvalue weighted by atomic mass is 32.2. The molecule has 1 saturated heterocycles. The van der Waals surface area contributed by atoms with E-state index in [0.29, 0.717) is 24.3 Å². The quantitative estimate of drug-likeness (QED) is 0.719. The summed E-state index contributed by atoms with van der Waals surface area (Å²) >= 11 is 0. The van der Waals surface area contributed by atoms with E-state index >= 15 is 0 Å². The van der Waals surface area contributed by atoms with Crippen LogP contribution >= 0.6 is 0 Å². The normalized spacial score (nSPS) is 23.2. The van der Waals surface area contributed by atoms with Gasteiger partial charge < -0.3 is 10.1 Å². The van der Waals surface area contributed by atoms with Gasteiger partial charge in [-0.3, -0.25) is 14.9 Å². The van der Waals surface area contributed by atoms with E-state index in [1.54, 1.807) is 24.3 Å². The predicted molar refractivity (Wildman–Crippen MR) is 105 cm³/mol. The Kier molecular flexibility index (Phi) is 5.99. The van der Waals surface area contributed by atoms with Gasteiger partial charge in [0.05, 0.1) is 13.0 Å². The van der Waals surface area contributed by atoms with Crippen LogP contribution in [0.15, 0.2) is 29.3 Å². The monoisotopic (exact) mass is 422 g/mol. The molecule has 29 heavy (non-hydrogen) atoms. The highest BCUT2D eigenvalue weighted by molar-refractivity contribution is 7.91. The van der Waals surface area contributed by atoms with Crippen LogP contribution in [0.3, 0.4) is 0 Å². The number of anilines is 1. The zero-order valence-electron chi connectivity index (χ0n) is 16.0. The van der Waals surface area contributed by atoms with Crippen LogP contribution in [0.2, 0.25) is 0 Å². The van der Waals surface area contributed by atoms with Crippen molar-refractivity contribution >= 4 is 39.3 Å². The lowest BCUT2D eigenvalue weighted by Crippen LogP contribution is -2.56. The van der Waals surface area contributed by atoms with Crippen LogP contribution in [0, 0.1) is 5.92 Å². The number of hydrogen-bond donors (Lipinski definition) is 2. The first-order valence-corrected chi connectivity index (χ1v) is 10.6. The summed E-state index contributed by atoms with van der Waals surface area (Å²) in [6.45, 7) is 1.47. The Balaban J connectivity index is 1.74. The summed E-state index contributed by atoms with van der Waals surface area (Å²) in [7, 11) is -2.60. The van der Waals surface area contributed by atoms with Crippen LogP contribution < -0.4 is 15.4 Å². The molecule has 2 aliphatic heterocycles. The summed E-state index contributed by atoms with van der Waals surface area (Å²) in [5, 5.41) is 3.12. The minimum atomic E-state index is -4.12. The number of aliphatic imine (C=N–C) groups is 1. The van der Waals surface area contributed by atoms with E-state index in [9.17, 15) is 22.8 Å². The fraction of sp³-hybridized carbons (Fsp3) is 0.444. The molecule has 2 atom stereocenters. The molecular weight excluding hydrogens is 400 g/mol. The van der Waals surface area contributed by atoms with Crippen LogP contribution in [0.4, 0.5) is 10.5 Å². The van der Waals surface area contributed by atoms with Gasteiger partial charge >= 0.3 is 6.03 Å². The third-order valence-corrected chi connectivity index (χ3v) is 7.08. The van der Waals surface area contributed by atoms with E-state index in [-0.39, 0.29) is 24.7 Å². The fourth-order valence-electron chi connectivity index (χ4n) is 3.44. The number of amides is 4. The van der Waals surface area contributed by atoms with Gasteiger partial charge in [-0.25, -0.2) is 22.5 Å². The summed E-state index contributed by atoms with van der Waals surface area (Å²) in [6, 6.07) is 5.97. The lowest BCUT2D eigenvalue weighted by Gasteiger charge is -2.34. The van der Waals surface area contributed by atoms with Gasteiger partial charge in [-0.1, -0.05) is 6.07 Å². The molecule has 0 radical (unpaired) electrons. The fourth-order valence-corrected chi connectivity index (χ4v) is 5.32. The number of nitrogens with one attached hydrogen (secondary N) is 2. The third-order valence-electron chi connectivity index (χ3n) is 4.88. The maximum atomic E-state index is 13.0. The van der Waals surface area contributed by atoms with Crippen LogP contribution in [0.5, 0.6) is 5.75 Å². The van der Waals surface area contributed by atoms with Crippen molar-refractivity contribution in [1.82, 2.24) is 9.62 Å². The molecule has 2 N–H and O–H groups in total. The lowest BCUT2D eigenvalue weighted by molar-refractivity contribution is -0.121. The molecule has 3 rings (SSSR count). The molecule has 2 heterocycles. The Hall–Kier alpha value is -2.79. The Morgan fingerprint density at radius 1 is 1.34 bits per heavy atom. The van der Waals surface area contributed by atoms with Gasteiger partial charge in [-0.2, -0.15) is 0 Å². The Labute approximate surface area is 168 Å². The second kappa shape index (κ2) is 8.29. The van der Waals surface area contributed by atoms with Crippen LogP contribution in [0.1, 0.15) is 19.8 Å². The van der Waals surface area contributed by atoms with Crippen molar-refractivity contribution in [2.24, 2.45) is 10.9 Å². The Morgan fingerprint density at radius 3 is 2.79 bits per heavy atom. The van der Waals surface area contributed by atoms with Crippen molar-refractivity contribution < 1.29 is 27.5 Å². The van der Waals surface area contributed by atoms with E-state index in [0.717, 1.165) is 4.31 Å². The molecule has 0 spiro atoms. The van der Waals surface area contributed by atoms with E-state index in [1.165, 1.54) is 14.0 Å². The number of nitrogens with zero attached hydrogens (tertiary/aromatic N) is 2. The van der Waals surface area contributed by atoms with Crippen LogP contribution in [-0.4, -0.2) is 61.7 Å². The van der Waals surface area contributed by atoms with Crippen molar-refractivity contribution in [3.63, 3.8) is 0 Å². The molecule has 1 fully saturated rings. The number of ether oxygens (including phenoxy) is 1. The number of urea groups is 1. The van der Waals surface area contributed by atoms with Gasteiger partial charge in [0.15, 0.2) is 5.25 Å². The number of imide groups is 1. The molecule has 1 aromatic carbocycles. The molecule has 0 aromatic heterocycles. The first-order valence-electron chi connectivity index (χ1n) is 9.06. The van der Waals surface area contributed by atoms with Crippen LogP contribution in [-0.2, 0) is 19.6 Å². The van der Waals surface area contributed by atoms with Crippen molar-refractivity contribution in [3.8, 4) is 5.75 Å². The SMILES string of the molecule is COc1cccc(NC(=O)C2CCCN(S(=O)(=O)C3C(=O)NC(=O)N=C3C)C2)c1. The number of benzene rings is 1. The average Bonchev–Trinajstić information content (AvgIpc) is 2.67. The van der Waals surface area contributed by atoms with E-state index in [2.05, 4.69) is 10.3 Å².